The first-order valence-electron chi connectivity index (χ1n) is 8.23. The monoisotopic (exact) mass is 291 g/mol. The fourth-order valence-electron chi connectivity index (χ4n) is 2.98. The van der Waals surface area contributed by atoms with Crippen molar-refractivity contribution in [3.8, 4) is 0 Å². The average Bonchev–Trinajstić information content (AvgIpc) is 2.48. The Hall–Kier alpha value is -1.36. The summed E-state index contributed by atoms with van der Waals surface area (Å²) in [5, 5.41) is 3.38. The zero-order valence-corrected chi connectivity index (χ0v) is 13.9. The summed E-state index contributed by atoms with van der Waals surface area (Å²) < 4.78 is 0. The van der Waals surface area contributed by atoms with Gasteiger partial charge in [-0.2, -0.15) is 0 Å². The molecule has 1 aliphatic heterocycles. The van der Waals surface area contributed by atoms with E-state index in [1.165, 1.54) is 18.5 Å². The quantitative estimate of drug-likeness (QED) is 0.872. The third-order valence-corrected chi connectivity index (χ3v) is 4.00. The maximum atomic E-state index is 4.59. The molecular weight excluding hydrogens is 262 g/mol. The van der Waals surface area contributed by atoms with E-state index in [2.05, 4.69) is 52.8 Å². The van der Waals surface area contributed by atoms with Crippen molar-refractivity contribution in [2.24, 2.45) is 0 Å². The van der Waals surface area contributed by atoms with Crippen LogP contribution in [0.2, 0.25) is 0 Å². The van der Waals surface area contributed by atoms with Crippen LogP contribution < -0.4 is 10.2 Å². The van der Waals surface area contributed by atoms with E-state index >= 15 is 0 Å². The lowest BCUT2D eigenvalue weighted by Crippen LogP contribution is -2.47. The van der Waals surface area contributed by atoms with Gasteiger partial charge in [0.2, 0.25) is 0 Å². The molecule has 0 spiro atoms. The number of nitrogens with zero attached hydrogens (tertiary/aromatic N) is 4. The average molecular weight is 291 g/mol. The van der Waals surface area contributed by atoms with Crippen molar-refractivity contribution >= 4 is 11.6 Å². The molecule has 1 aromatic rings. The van der Waals surface area contributed by atoms with Crippen LogP contribution in [0.3, 0.4) is 0 Å². The van der Waals surface area contributed by atoms with E-state index in [0.29, 0.717) is 5.92 Å². The number of rotatable bonds is 6. The molecule has 21 heavy (non-hydrogen) atoms. The molecule has 0 aliphatic carbocycles. The summed E-state index contributed by atoms with van der Waals surface area (Å²) in [5.74, 6) is 2.53. The topological polar surface area (TPSA) is 44.3 Å². The minimum atomic E-state index is 0.420. The summed E-state index contributed by atoms with van der Waals surface area (Å²) in [5.41, 5.74) is 1.25. The molecule has 0 radical (unpaired) electrons. The van der Waals surface area contributed by atoms with Crippen LogP contribution in [0.25, 0.3) is 0 Å². The number of anilines is 2. The highest BCUT2D eigenvalue weighted by Gasteiger charge is 2.23. The molecule has 0 atom stereocenters. The Balaban J connectivity index is 2.18. The molecule has 1 saturated heterocycles. The second kappa shape index (κ2) is 7.59. The Bertz CT molecular complexity index is 438. The van der Waals surface area contributed by atoms with Gasteiger partial charge >= 0.3 is 0 Å². The number of aromatic nitrogens is 2. The van der Waals surface area contributed by atoms with E-state index < -0.39 is 0 Å². The van der Waals surface area contributed by atoms with Gasteiger partial charge in [-0.1, -0.05) is 20.8 Å². The number of hydrogen-bond acceptors (Lipinski definition) is 5. The van der Waals surface area contributed by atoms with Crippen LogP contribution in [-0.2, 0) is 0 Å². The number of piperazine rings is 1. The summed E-state index contributed by atoms with van der Waals surface area (Å²) in [6, 6.07) is 0. The van der Waals surface area contributed by atoms with Crippen LogP contribution in [0.4, 0.5) is 11.6 Å². The van der Waals surface area contributed by atoms with Crippen molar-refractivity contribution in [1.82, 2.24) is 14.9 Å². The van der Waals surface area contributed by atoms with Crippen molar-refractivity contribution < 1.29 is 0 Å². The fourth-order valence-corrected chi connectivity index (χ4v) is 2.98. The molecule has 0 amide bonds. The lowest BCUT2D eigenvalue weighted by molar-refractivity contribution is 0.257. The summed E-state index contributed by atoms with van der Waals surface area (Å²) in [6.45, 7) is 15.3. The largest absolute Gasteiger partial charge is 0.370 e. The van der Waals surface area contributed by atoms with E-state index in [4.69, 9.17) is 0 Å². The van der Waals surface area contributed by atoms with Crippen LogP contribution >= 0.6 is 0 Å². The number of nitrogens with one attached hydrogen (secondary N) is 1. The van der Waals surface area contributed by atoms with Gasteiger partial charge in [0.1, 0.15) is 18.0 Å². The number of hydrogen-bond donors (Lipinski definition) is 1. The van der Waals surface area contributed by atoms with Crippen LogP contribution in [0.1, 0.15) is 45.6 Å². The second-order valence-corrected chi connectivity index (χ2v) is 5.97. The molecule has 1 fully saturated rings. The van der Waals surface area contributed by atoms with E-state index in [1.54, 1.807) is 6.33 Å². The van der Waals surface area contributed by atoms with Crippen LogP contribution in [-0.4, -0.2) is 54.1 Å². The Kier molecular flexibility index (Phi) is 5.79. The standard InChI is InChI=1S/C16H29N5/c1-5-7-20-8-10-21(11-9-20)16-14(13(3)4)15(17-6-2)18-12-19-16/h12-13H,5-11H2,1-4H3,(H,17,18,19). The highest BCUT2D eigenvalue weighted by Crippen LogP contribution is 2.31. The Labute approximate surface area is 128 Å². The van der Waals surface area contributed by atoms with Gasteiger partial charge in [-0.3, -0.25) is 4.90 Å². The molecule has 0 bridgehead atoms. The van der Waals surface area contributed by atoms with Crippen LogP contribution in [0.15, 0.2) is 6.33 Å². The minimum Gasteiger partial charge on any atom is -0.370 e. The van der Waals surface area contributed by atoms with Gasteiger partial charge in [0.15, 0.2) is 0 Å². The summed E-state index contributed by atoms with van der Waals surface area (Å²) in [7, 11) is 0. The Morgan fingerprint density at radius 1 is 1.14 bits per heavy atom. The SMILES string of the molecule is CCCN1CCN(c2ncnc(NCC)c2C(C)C)CC1. The molecule has 1 aliphatic rings. The Morgan fingerprint density at radius 2 is 1.86 bits per heavy atom. The normalized spacial score (nSPS) is 16.5. The first kappa shape index (κ1) is 16.0. The minimum absolute atomic E-state index is 0.420. The molecule has 0 unspecified atom stereocenters. The molecule has 0 saturated carbocycles. The van der Waals surface area contributed by atoms with Crippen LogP contribution in [0, 0.1) is 0 Å². The van der Waals surface area contributed by atoms with Crippen molar-refractivity contribution in [2.45, 2.75) is 40.0 Å². The first-order valence-corrected chi connectivity index (χ1v) is 8.23. The summed E-state index contributed by atoms with van der Waals surface area (Å²) in [4.78, 5) is 14.0. The maximum Gasteiger partial charge on any atom is 0.137 e. The summed E-state index contributed by atoms with van der Waals surface area (Å²) >= 11 is 0. The van der Waals surface area contributed by atoms with E-state index in [0.717, 1.165) is 44.4 Å². The molecular formula is C16H29N5. The van der Waals surface area contributed by atoms with Crippen LogP contribution in [0.5, 0.6) is 0 Å². The third-order valence-electron chi connectivity index (χ3n) is 4.00. The highest BCUT2D eigenvalue weighted by molar-refractivity contribution is 5.60. The smallest absolute Gasteiger partial charge is 0.137 e. The lowest BCUT2D eigenvalue weighted by atomic mass is 10.0. The van der Waals surface area contributed by atoms with Crippen molar-refractivity contribution in [3.05, 3.63) is 11.9 Å². The molecule has 5 nitrogen and oxygen atoms in total. The van der Waals surface area contributed by atoms with Crippen molar-refractivity contribution in [3.63, 3.8) is 0 Å². The predicted molar refractivity (Wildman–Crippen MR) is 89.2 cm³/mol. The van der Waals surface area contributed by atoms with E-state index in [9.17, 15) is 0 Å². The van der Waals surface area contributed by atoms with Gasteiger partial charge in [0.25, 0.3) is 0 Å². The molecule has 5 heteroatoms. The maximum absolute atomic E-state index is 4.59. The molecule has 118 valence electrons. The predicted octanol–water partition coefficient (Wildman–Crippen LogP) is 2.56. The fraction of sp³-hybridized carbons (Fsp3) is 0.750. The zero-order valence-electron chi connectivity index (χ0n) is 13.9. The van der Waals surface area contributed by atoms with Gasteiger partial charge in [-0.25, -0.2) is 9.97 Å². The lowest BCUT2D eigenvalue weighted by Gasteiger charge is -2.36. The first-order chi connectivity index (χ1) is 10.2. The third kappa shape index (κ3) is 3.84. The highest BCUT2D eigenvalue weighted by atomic mass is 15.3. The van der Waals surface area contributed by atoms with Crippen molar-refractivity contribution in [2.75, 3.05) is 49.5 Å². The van der Waals surface area contributed by atoms with Crippen molar-refractivity contribution in [1.29, 1.82) is 0 Å². The molecule has 2 heterocycles. The molecule has 2 rings (SSSR count). The zero-order chi connectivity index (χ0) is 15.2. The Morgan fingerprint density at radius 3 is 2.43 bits per heavy atom. The van der Waals surface area contributed by atoms with E-state index in [1.807, 2.05) is 0 Å². The van der Waals surface area contributed by atoms with Gasteiger partial charge in [-0.15, -0.1) is 0 Å². The van der Waals surface area contributed by atoms with E-state index in [-0.39, 0.29) is 0 Å². The van der Waals surface area contributed by atoms with Gasteiger partial charge in [-0.05, 0) is 25.8 Å². The molecule has 0 aromatic carbocycles. The summed E-state index contributed by atoms with van der Waals surface area (Å²) in [6.07, 6.45) is 2.92. The molecule has 1 N–H and O–H groups in total. The molecule has 1 aromatic heterocycles. The van der Waals surface area contributed by atoms with Gasteiger partial charge in [0, 0.05) is 38.3 Å². The second-order valence-electron chi connectivity index (χ2n) is 5.97. The van der Waals surface area contributed by atoms with Gasteiger partial charge < -0.3 is 10.2 Å². The van der Waals surface area contributed by atoms with Gasteiger partial charge in [0.05, 0.1) is 0 Å².